The number of nitrogens with zero attached hydrogens (tertiary/aromatic N) is 1. The molecule has 0 spiro atoms. The lowest BCUT2D eigenvalue weighted by Gasteiger charge is -1.82. The fourth-order valence-electron chi connectivity index (χ4n) is 0.233. The molecule has 0 unspecified atom stereocenters. The Labute approximate surface area is 47.4 Å². The predicted octanol–water partition coefficient (Wildman–Crippen LogP) is -0.0584. The van der Waals surface area contributed by atoms with Crippen LogP contribution >= 0.6 is 0 Å². The highest BCUT2D eigenvalue weighted by Crippen LogP contribution is 1.87. The van der Waals surface area contributed by atoms with E-state index in [0.717, 1.165) is 6.20 Å². The zero-order valence-electron chi connectivity index (χ0n) is 4.51. The summed E-state index contributed by atoms with van der Waals surface area (Å²) in [5.41, 5.74) is 4.88. The van der Waals surface area contributed by atoms with Crippen LogP contribution in [0.3, 0.4) is 0 Å². The van der Waals surface area contributed by atoms with Gasteiger partial charge in [-0.2, -0.15) is 5.26 Å². The molecule has 3 nitrogen and oxygen atoms in total. The van der Waals surface area contributed by atoms with E-state index in [0.29, 0.717) is 0 Å². The molecule has 2 N–H and O–H groups in total. The molecule has 0 atom stereocenters. The molecular formula is C5H6N2O. The molecule has 0 bridgehead atoms. The second-order valence-corrected chi connectivity index (χ2v) is 1.25. The van der Waals surface area contributed by atoms with Crippen LogP contribution in [0, 0.1) is 11.3 Å². The van der Waals surface area contributed by atoms with Crippen molar-refractivity contribution < 1.29 is 4.79 Å². The first kappa shape index (κ1) is 6.70. The summed E-state index contributed by atoms with van der Waals surface area (Å²) >= 11 is 0. The topological polar surface area (TPSA) is 66.9 Å². The lowest BCUT2D eigenvalue weighted by atomic mass is 10.2. The number of hydrogen-bond acceptors (Lipinski definition) is 3. The van der Waals surface area contributed by atoms with Crippen molar-refractivity contribution in [2.75, 3.05) is 0 Å². The number of rotatable bonds is 1. The summed E-state index contributed by atoms with van der Waals surface area (Å²) in [6.45, 7) is 1.29. The van der Waals surface area contributed by atoms with Gasteiger partial charge in [0, 0.05) is 6.20 Å². The Morgan fingerprint density at radius 1 is 1.88 bits per heavy atom. The van der Waals surface area contributed by atoms with Crippen LogP contribution in [0.15, 0.2) is 11.8 Å². The van der Waals surface area contributed by atoms with Gasteiger partial charge in [-0.25, -0.2) is 0 Å². The summed E-state index contributed by atoms with van der Waals surface area (Å²) in [6, 6.07) is 1.64. The van der Waals surface area contributed by atoms with Gasteiger partial charge in [0.15, 0.2) is 5.78 Å². The second-order valence-electron chi connectivity index (χ2n) is 1.25. The third-order valence-electron chi connectivity index (χ3n) is 0.666. The minimum absolute atomic E-state index is 0.00463. The first-order valence-corrected chi connectivity index (χ1v) is 2.05. The largest absolute Gasteiger partial charge is 0.403 e. The molecule has 0 fully saturated rings. The van der Waals surface area contributed by atoms with Gasteiger partial charge in [-0.1, -0.05) is 0 Å². The van der Waals surface area contributed by atoms with Gasteiger partial charge in [0.25, 0.3) is 0 Å². The van der Waals surface area contributed by atoms with Gasteiger partial charge in [0.2, 0.25) is 0 Å². The van der Waals surface area contributed by atoms with Crippen LogP contribution in [-0.2, 0) is 4.79 Å². The summed E-state index contributed by atoms with van der Waals surface area (Å²) in [5.74, 6) is -0.296. The van der Waals surface area contributed by atoms with Crippen molar-refractivity contribution in [3.8, 4) is 6.07 Å². The van der Waals surface area contributed by atoms with E-state index in [2.05, 4.69) is 0 Å². The maximum atomic E-state index is 10.2. The first-order valence-electron chi connectivity index (χ1n) is 2.05. The monoisotopic (exact) mass is 110 g/mol. The lowest BCUT2D eigenvalue weighted by molar-refractivity contribution is -0.113. The van der Waals surface area contributed by atoms with Crippen molar-refractivity contribution in [1.29, 1.82) is 5.26 Å². The Balaban J connectivity index is 4.20. The number of Topliss-reactive ketones (excluding diaryl/α,β-unsaturated/α-hetero) is 1. The van der Waals surface area contributed by atoms with E-state index in [1.165, 1.54) is 6.92 Å². The molecule has 0 aliphatic rings. The van der Waals surface area contributed by atoms with Gasteiger partial charge in [-0.3, -0.25) is 4.79 Å². The minimum atomic E-state index is -0.296. The molecule has 0 aliphatic carbocycles. The maximum Gasteiger partial charge on any atom is 0.171 e. The fraction of sp³-hybridized carbons (Fsp3) is 0.200. The average Bonchev–Trinajstić information content (AvgIpc) is 1.69. The summed E-state index contributed by atoms with van der Waals surface area (Å²) in [7, 11) is 0. The first-order chi connectivity index (χ1) is 3.72. The van der Waals surface area contributed by atoms with E-state index in [1.807, 2.05) is 0 Å². The van der Waals surface area contributed by atoms with Crippen LogP contribution < -0.4 is 5.73 Å². The van der Waals surface area contributed by atoms with E-state index in [9.17, 15) is 4.79 Å². The Morgan fingerprint density at radius 3 is 2.38 bits per heavy atom. The van der Waals surface area contributed by atoms with Crippen LogP contribution in [0.5, 0.6) is 0 Å². The molecule has 0 amide bonds. The smallest absolute Gasteiger partial charge is 0.171 e. The van der Waals surface area contributed by atoms with Crippen molar-refractivity contribution >= 4 is 5.78 Å². The highest BCUT2D eigenvalue weighted by Gasteiger charge is 1.97. The number of allylic oxidation sites excluding steroid dienone is 1. The van der Waals surface area contributed by atoms with Crippen LogP contribution in [0.2, 0.25) is 0 Å². The van der Waals surface area contributed by atoms with Crippen molar-refractivity contribution in [2.45, 2.75) is 6.92 Å². The number of hydrogen-bond donors (Lipinski definition) is 1. The minimum Gasteiger partial charge on any atom is -0.403 e. The van der Waals surface area contributed by atoms with Crippen molar-refractivity contribution in [2.24, 2.45) is 5.73 Å². The summed E-state index contributed by atoms with van der Waals surface area (Å²) in [4.78, 5) is 10.2. The van der Waals surface area contributed by atoms with Crippen LogP contribution in [0.4, 0.5) is 0 Å². The van der Waals surface area contributed by atoms with Gasteiger partial charge >= 0.3 is 0 Å². The van der Waals surface area contributed by atoms with Gasteiger partial charge in [-0.05, 0) is 6.92 Å². The molecule has 0 saturated carbocycles. The molecule has 42 valence electrons. The summed E-state index contributed by atoms with van der Waals surface area (Å²) in [6.07, 6.45) is 1.00. The summed E-state index contributed by atoms with van der Waals surface area (Å²) in [5, 5.41) is 8.08. The van der Waals surface area contributed by atoms with E-state index in [1.54, 1.807) is 6.07 Å². The molecule has 0 aromatic carbocycles. The van der Waals surface area contributed by atoms with Gasteiger partial charge < -0.3 is 5.73 Å². The predicted molar refractivity (Wildman–Crippen MR) is 28.6 cm³/mol. The van der Waals surface area contributed by atoms with Crippen LogP contribution in [-0.4, -0.2) is 5.78 Å². The normalized spacial score (nSPS) is 10.2. The van der Waals surface area contributed by atoms with Crippen molar-refractivity contribution in [3.05, 3.63) is 11.8 Å². The molecule has 0 aromatic rings. The molecule has 0 rings (SSSR count). The average molecular weight is 110 g/mol. The van der Waals surface area contributed by atoms with E-state index >= 15 is 0 Å². The maximum absolute atomic E-state index is 10.2. The zero-order chi connectivity index (χ0) is 6.57. The van der Waals surface area contributed by atoms with Crippen molar-refractivity contribution in [1.82, 2.24) is 0 Å². The summed E-state index contributed by atoms with van der Waals surface area (Å²) < 4.78 is 0. The molecule has 0 aliphatic heterocycles. The van der Waals surface area contributed by atoms with E-state index in [-0.39, 0.29) is 11.4 Å². The molecule has 0 saturated heterocycles. The number of nitriles is 1. The van der Waals surface area contributed by atoms with Gasteiger partial charge in [0.05, 0.1) is 0 Å². The molecular weight excluding hydrogens is 104 g/mol. The standard InChI is InChI=1S/C5H6N2O/c1-4(8)5(2-6)3-7/h2H,6H2,1H3. The highest BCUT2D eigenvalue weighted by molar-refractivity contribution is 5.96. The third-order valence-corrected chi connectivity index (χ3v) is 0.666. The van der Waals surface area contributed by atoms with E-state index < -0.39 is 0 Å². The highest BCUT2D eigenvalue weighted by atomic mass is 16.1. The van der Waals surface area contributed by atoms with Crippen LogP contribution in [0.1, 0.15) is 6.92 Å². The lowest BCUT2D eigenvalue weighted by Crippen LogP contribution is -1.96. The molecule has 3 heteroatoms. The Morgan fingerprint density at radius 2 is 2.38 bits per heavy atom. The molecule has 0 heterocycles. The molecule has 8 heavy (non-hydrogen) atoms. The quantitative estimate of drug-likeness (QED) is 0.380. The zero-order valence-corrected chi connectivity index (χ0v) is 4.51. The van der Waals surface area contributed by atoms with Crippen LogP contribution in [0.25, 0.3) is 0 Å². The van der Waals surface area contributed by atoms with Crippen molar-refractivity contribution in [3.63, 3.8) is 0 Å². The molecule has 0 radical (unpaired) electrons. The van der Waals surface area contributed by atoms with E-state index in [4.69, 9.17) is 11.0 Å². The number of carbonyl (C=O) groups excluding carboxylic acids is 1. The SMILES string of the molecule is CC(=O)C(C#N)=CN. The number of nitrogens with two attached hydrogens (primary N) is 1. The Hall–Kier alpha value is -1.30. The number of ketones is 1. The fourth-order valence-corrected chi connectivity index (χ4v) is 0.233. The Kier molecular flexibility index (Phi) is 2.35. The van der Waals surface area contributed by atoms with Gasteiger partial charge in [-0.15, -0.1) is 0 Å². The Bertz CT molecular complexity index is 164. The number of carbonyl (C=O) groups is 1. The third kappa shape index (κ3) is 1.43. The van der Waals surface area contributed by atoms with Gasteiger partial charge in [0.1, 0.15) is 11.6 Å². The molecule has 0 aromatic heterocycles. The second kappa shape index (κ2) is 2.80.